The van der Waals surface area contributed by atoms with Gasteiger partial charge < -0.3 is 10.3 Å². The van der Waals surface area contributed by atoms with Gasteiger partial charge in [-0.2, -0.15) is 0 Å². The molecule has 0 saturated heterocycles. The third kappa shape index (κ3) is 1.87. The first-order chi connectivity index (χ1) is 8.33. The van der Waals surface area contributed by atoms with Crippen LogP contribution in [-0.4, -0.2) is 9.55 Å². The van der Waals surface area contributed by atoms with Crippen molar-refractivity contribution in [2.45, 2.75) is 6.42 Å². The molecule has 3 nitrogen and oxygen atoms in total. The maximum Gasteiger partial charge on any atom is 0.137 e. The number of anilines is 1. The van der Waals surface area contributed by atoms with Gasteiger partial charge in [-0.15, -0.1) is 0 Å². The van der Waals surface area contributed by atoms with Gasteiger partial charge in [0.15, 0.2) is 0 Å². The fraction of sp³-hybridized carbons (Fsp3) is 0.0714. The van der Waals surface area contributed by atoms with Crippen molar-refractivity contribution in [3.05, 3.63) is 48.4 Å². The SMILES string of the molecule is Nc1ccc(-c2cn3c(n2)C=CCC=C3)cc1. The average Bonchev–Trinajstić information content (AvgIpc) is 2.62. The minimum atomic E-state index is 0.773. The summed E-state index contributed by atoms with van der Waals surface area (Å²) >= 11 is 0. The van der Waals surface area contributed by atoms with Crippen LogP contribution < -0.4 is 5.73 Å². The molecule has 3 rings (SSSR count). The predicted molar refractivity (Wildman–Crippen MR) is 71.1 cm³/mol. The standard InChI is InChI=1S/C14H13N3/c15-12-7-5-11(6-8-12)13-10-17-9-3-1-2-4-14(17)16-13/h2-10H,1,15H2. The summed E-state index contributed by atoms with van der Waals surface area (Å²) in [5, 5.41) is 0. The lowest BCUT2D eigenvalue weighted by atomic mass is 10.1. The number of imidazole rings is 1. The zero-order valence-electron chi connectivity index (χ0n) is 9.38. The second kappa shape index (κ2) is 3.94. The molecule has 3 heteroatoms. The van der Waals surface area contributed by atoms with Crippen molar-refractivity contribution in [3.63, 3.8) is 0 Å². The molecule has 0 amide bonds. The molecule has 0 atom stereocenters. The van der Waals surface area contributed by atoms with E-state index in [0.29, 0.717) is 0 Å². The van der Waals surface area contributed by atoms with Crippen molar-refractivity contribution in [3.8, 4) is 11.3 Å². The summed E-state index contributed by atoms with van der Waals surface area (Å²) in [6.45, 7) is 0. The Morgan fingerprint density at radius 3 is 2.76 bits per heavy atom. The number of nitrogens with two attached hydrogens (primary N) is 1. The van der Waals surface area contributed by atoms with Crippen LogP contribution in [0, 0.1) is 0 Å². The number of aromatic nitrogens is 2. The first-order valence-electron chi connectivity index (χ1n) is 5.61. The van der Waals surface area contributed by atoms with Gasteiger partial charge in [0.1, 0.15) is 5.82 Å². The van der Waals surface area contributed by atoms with E-state index in [1.165, 1.54) is 0 Å². The highest BCUT2D eigenvalue weighted by Gasteiger charge is 2.06. The van der Waals surface area contributed by atoms with Gasteiger partial charge in [-0.25, -0.2) is 4.98 Å². The van der Waals surface area contributed by atoms with Crippen LogP contribution in [0.5, 0.6) is 0 Å². The summed E-state index contributed by atoms with van der Waals surface area (Å²) in [7, 11) is 0. The van der Waals surface area contributed by atoms with E-state index in [0.717, 1.165) is 29.2 Å². The lowest BCUT2D eigenvalue weighted by molar-refractivity contribution is 1.11. The Bertz CT molecular complexity index is 559. The maximum absolute atomic E-state index is 5.67. The Morgan fingerprint density at radius 2 is 1.94 bits per heavy atom. The van der Waals surface area contributed by atoms with Gasteiger partial charge in [0.2, 0.25) is 0 Å². The van der Waals surface area contributed by atoms with Crippen LogP contribution >= 0.6 is 0 Å². The highest BCUT2D eigenvalue weighted by Crippen LogP contribution is 2.21. The summed E-state index contributed by atoms with van der Waals surface area (Å²) in [5.41, 5.74) is 8.50. The molecule has 2 heterocycles. The van der Waals surface area contributed by atoms with Crippen molar-refractivity contribution in [2.75, 3.05) is 5.73 Å². The Morgan fingerprint density at radius 1 is 1.12 bits per heavy atom. The Balaban J connectivity index is 2.05. The van der Waals surface area contributed by atoms with E-state index in [4.69, 9.17) is 5.73 Å². The molecule has 2 aromatic rings. The molecule has 17 heavy (non-hydrogen) atoms. The first kappa shape index (κ1) is 9.90. The van der Waals surface area contributed by atoms with Gasteiger partial charge in [-0.05, 0) is 24.6 Å². The van der Waals surface area contributed by atoms with E-state index in [1.54, 1.807) is 0 Å². The van der Waals surface area contributed by atoms with E-state index >= 15 is 0 Å². The van der Waals surface area contributed by atoms with Crippen LogP contribution in [0.15, 0.2) is 42.6 Å². The third-order valence-electron chi connectivity index (χ3n) is 2.77. The molecular weight excluding hydrogens is 210 g/mol. The molecule has 0 aliphatic carbocycles. The normalized spacial score (nSPS) is 13.4. The topological polar surface area (TPSA) is 43.8 Å². The fourth-order valence-corrected chi connectivity index (χ4v) is 1.87. The van der Waals surface area contributed by atoms with Crippen molar-refractivity contribution >= 4 is 18.0 Å². The number of nitrogens with zero attached hydrogens (tertiary/aromatic N) is 2. The Labute approximate surface area is 99.9 Å². The molecule has 84 valence electrons. The molecule has 0 radical (unpaired) electrons. The van der Waals surface area contributed by atoms with Crippen molar-refractivity contribution < 1.29 is 0 Å². The molecule has 0 saturated carbocycles. The van der Waals surface area contributed by atoms with Crippen LogP contribution in [0.1, 0.15) is 12.2 Å². The van der Waals surface area contributed by atoms with Crippen LogP contribution in [-0.2, 0) is 0 Å². The molecule has 1 aliphatic heterocycles. The Hall–Kier alpha value is -2.29. The van der Waals surface area contributed by atoms with E-state index in [2.05, 4.69) is 17.1 Å². The summed E-state index contributed by atoms with van der Waals surface area (Å²) in [5.74, 6) is 0.963. The number of hydrogen-bond donors (Lipinski definition) is 1. The van der Waals surface area contributed by atoms with E-state index in [1.807, 2.05) is 47.3 Å². The quantitative estimate of drug-likeness (QED) is 0.755. The summed E-state index contributed by atoms with van der Waals surface area (Å²) in [4.78, 5) is 4.59. The van der Waals surface area contributed by atoms with E-state index < -0.39 is 0 Å². The summed E-state index contributed by atoms with van der Waals surface area (Å²) < 4.78 is 2.04. The fourth-order valence-electron chi connectivity index (χ4n) is 1.87. The smallest absolute Gasteiger partial charge is 0.137 e. The van der Waals surface area contributed by atoms with Crippen LogP contribution in [0.25, 0.3) is 23.5 Å². The maximum atomic E-state index is 5.67. The first-order valence-corrected chi connectivity index (χ1v) is 5.61. The van der Waals surface area contributed by atoms with Gasteiger partial charge in [0.05, 0.1) is 5.69 Å². The van der Waals surface area contributed by atoms with Gasteiger partial charge in [0, 0.05) is 23.6 Å². The van der Waals surface area contributed by atoms with Crippen molar-refractivity contribution in [1.29, 1.82) is 0 Å². The Kier molecular flexibility index (Phi) is 2.29. The summed E-state index contributed by atoms with van der Waals surface area (Å²) in [6, 6.07) is 7.77. The second-order valence-corrected chi connectivity index (χ2v) is 4.04. The third-order valence-corrected chi connectivity index (χ3v) is 2.77. The van der Waals surface area contributed by atoms with E-state index in [-0.39, 0.29) is 0 Å². The van der Waals surface area contributed by atoms with Crippen LogP contribution in [0.4, 0.5) is 5.69 Å². The highest BCUT2D eigenvalue weighted by molar-refractivity contribution is 5.64. The number of nitrogen functional groups attached to an aromatic ring is 1. The minimum Gasteiger partial charge on any atom is -0.399 e. The zero-order valence-corrected chi connectivity index (χ0v) is 9.38. The van der Waals surface area contributed by atoms with Gasteiger partial charge in [0.25, 0.3) is 0 Å². The second-order valence-electron chi connectivity index (χ2n) is 4.04. The van der Waals surface area contributed by atoms with Crippen LogP contribution in [0.3, 0.4) is 0 Å². The van der Waals surface area contributed by atoms with E-state index in [9.17, 15) is 0 Å². The number of allylic oxidation sites excluding steroid dienone is 2. The number of fused-ring (bicyclic) bond motifs is 1. The van der Waals surface area contributed by atoms with Gasteiger partial charge in [-0.3, -0.25) is 0 Å². The number of rotatable bonds is 1. The largest absolute Gasteiger partial charge is 0.399 e. The minimum absolute atomic E-state index is 0.773. The number of hydrogen-bond acceptors (Lipinski definition) is 2. The molecule has 2 N–H and O–H groups in total. The monoisotopic (exact) mass is 223 g/mol. The van der Waals surface area contributed by atoms with Crippen molar-refractivity contribution in [1.82, 2.24) is 9.55 Å². The average molecular weight is 223 g/mol. The predicted octanol–water partition coefficient (Wildman–Crippen LogP) is 3.02. The van der Waals surface area contributed by atoms with Crippen LogP contribution in [0.2, 0.25) is 0 Å². The molecule has 0 unspecified atom stereocenters. The summed E-state index contributed by atoms with van der Waals surface area (Å²) in [6.07, 6.45) is 11.3. The van der Waals surface area contributed by atoms with Crippen molar-refractivity contribution in [2.24, 2.45) is 0 Å². The number of benzene rings is 1. The lowest BCUT2D eigenvalue weighted by Gasteiger charge is -1.96. The molecule has 0 spiro atoms. The zero-order chi connectivity index (χ0) is 11.7. The molecule has 0 bridgehead atoms. The lowest BCUT2D eigenvalue weighted by Crippen LogP contribution is -1.85. The molecule has 1 aromatic carbocycles. The van der Waals surface area contributed by atoms with Gasteiger partial charge >= 0.3 is 0 Å². The molecular formula is C14H13N3. The molecule has 0 fully saturated rings. The van der Waals surface area contributed by atoms with Gasteiger partial charge in [-0.1, -0.05) is 24.3 Å². The highest BCUT2D eigenvalue weighted by atomic mass is 15.1. The molecule has 1 aromatic heterocycles. The molecule has 1 aliphatic rings.